The van der Waals surface area contributed by atoms with Crippen molar-refractivity contribution in [1.29, 1.82) is 5.26 Å². The number of carbonyl (C=O) groups is 2. The van der Waals surface area contributed by atoms with Gasteiger partial charge in [-0.25, -0.2) is 0 Å². The number of alkyl halides is 2. The highest BCUT2D eigenvalue weighted by atomic mass is 19.3. The molecule has 0 N–H and O–H groups in total. The molecule has 0 radical (unpaired) electrons. The van der Waals surface area contributed by atoms with Gasteiger partial charge in [-0.3, -0.25) is 9.59 Å². The molecule has 0 spiro atoms. The lowest BCUT2D eigenvalue weighted by molar-refractivity contribution is -0.131. The Kier molecular flexibility index (Phi) is 5.68. The number of methoxy groups -OCH3 is 1. The van der Waals surface area contributed by atoms with Gasteiger partial charge < -0.3 is 14.4 Å². The van der Waals surface area contributed by atoms with E-state index in [1.54, 1.807) is 6.07 Å². The summed E-state index contributed by atoms with van der Waals surface area (Å²) in [5.41, 5.74) is 0.0209. The van der Waals surface area contributed by atoms with Crippen LogP contribution in [0, 0.1) is 17.2 Å². The van der Waals surface area contributed by atoms with Crippen molar-refractivity contribution >= 4 is 11.7 Å². The van der Waals surface area contributed by atoms with Gasteiger partial charge >= 0.3 is 6.61 Å². The predicted octanol–water partition coefficient (Wildman–Crippen LogP) is 2.24. The summed E-state index contributed by atoms with van der Waals surface area (Å²) < 4.78 is 33.8. The van der Waals surface area contributed by atoms with Crippen LogP contribution in [-0.2, 0) is 4.79 Å². The summed E-state index contributed by atoms with van der Waals surface area (Å²) in [7, 11) is 1.24. The molecule has 0 aromatic heterocycles. The first-order valence-electron chi connectivity index (χ1n) is 7.33. The van der Waals surface area contributed by atoms with Gasteiger partial charge in [0, 0.05) is 18.7 Å². The van der Waals surface area contributed by atoms with Gasteiger partial charge in [-0.05, 0) is 31.0 Å². The zero-order valence-electron chi connectivity index (χ0n) is 13.0. The molecule has 128 valence electrons. The van der Waals surface area contributed by atoms with Gasteiger partial charge in [0.25, 0.3) is 0 Å². The number of hydrogen-bond acceptors (Lipinski definition) is 5. The molecule has 1 aromatic carbocycles. The molecule has 24 heavy (non-hydrogen) atoms. The lowest BCUT2D eigenvalue weighted by atomic mass is 9.97. The van der Waals surface area contributed by atoms with Crippen molar-refractivity contribution in [3.05, 3.63) is 23.8 Å². The number of halogens is 2. The number of benzene rings is 1. The molecule has 0 unspecified atom stereocenters. The van der Waals surface area contributed by atoms with Crippen LogP contribution in [0.15, 0.2) is 18.2 Å². The van der Waals surface area contributed by atoms with Gasteiger partial charge in [-0.2, -0.15) is 14.0 Å². The molecule has 1 fully saturated rings. The van der Waals surface area contributed by atoms with Crippen molar-refractivity contribution < 1.29 is 27.8 Å². The van der Waals surface area contributed by atoms with Gasteiger partial charge in [0.1, 0.15) is 0 Å². The number of Topliss-reactive ketones (excluding diaryl/α,β-unsaturated/α-hetero) is 1. The molecule has 1 atom stereocenters. The molecule has 1 aliphatic heterocycles. The molecule has 2 rings (SSSR count). The van der Waals surface area contributed by atoms with E-state index in [0.717, 1.165) is 18.9 Å². The lowest BCUT2D eigenvalue weighted by Gasteiger charge is -2.18. The summed E-state index contributed by atoms with van der Waals surface area (Å²) in [4.78, 5) is 26.2. The normalized spacial score (nSPS) is 15.0. The Morgan fingerprint density at radius 3 is 2.46 bits per heavy atom. The third-order valence-electron chi connectivity index (χ3n) is 3.72. The zero-order chi connectivity index (χ0) is 17.7. The van der Waals surface area contributed by atoms with Crippen LogP contribution in [0.2, 0.25) is 0 Å². The summed E-state index contributed by atoms with van der Waals surface area (Å²) in [6.07, 6.45) is 1.68. The van der Waals surface area contributed by atoms with Crippen molar-refractivity contribution in [1.82, 2.24) is 4.90 Å². The number of rotatable bonds is 6. The Labute approximate surface area is 137 Å². The van der Waals surface area contributed by atoms with Crippen LogP contribution in [0.1, 0.15) is 23.2 Å². The molecular weight excluding hydrogens is 322 g/mol. The van der Waals surface area contributed by atoms with E-state index >= 15 is 0 Å². The number of hydrogen-bond donors (Lipinski definition) is 0. The molecule has 1 aliphatic rings. The average molecular weight is 338 g/mol. The second-order valence-electron chi connectivity index (χ2n) is 5.20. The van der Waals surface area contributed by atoms with Crippen LogP contribution in [0.5, 0.6) is 11.5 Å². The molecule has 0 aliphatic carbocycles. The Morgan fingerprint density at radius 2 is 1.92 bits per heavy atom. The molecule has 0 saturated carbocycles. The Balaban J connectivity index is 2.24. The second kappa shape index (κ2) is 7.73. The number of amides is 1. The minimum atomic E-state index is -3.04. The zero-order valence-corrected chi connectivity index (χ0v) is 13.0. The number of nitrogens with zero attached hydrogens (tertiary/aromatic N) is 2. The van der Waals surface area contributed by atoms with Gasteiger partial charge in [-0.15, -0.1) is 0 Å². The number of carbonyl (C=O) groups excluding carboxylic acids is 2. The lowest BCUT2D eigenvalue weighted by Crippen LogP contribution is -2.37. The SMILES string of the molecule is COc1cc(C(=O)[C@@H](C#N)C(=O)N2CCCC2)ccc1OC(F)F. The fraction of sp³-hybridized carbons (Fsp3) is 0.438. The van der Waals surface area contributed by atoms with Crippen LogP contribution in [0.3, 0.4) is 0 Å². The average Bonchev–Trinajstić information content (AvgIpc) is 3.09. The first-order chi connectivity index (χ1) is 11.5. The number of ketones is 1. The van der Waals surface area contributed by atoms with Crippen LogP contribution in [0.4, 0.5) is 8.78 Å². The molecule has 8 heteroatoms. The van der Waals surface area contributed by atoms with Crippen molar-refractivity contribution in [2.24, 2.45) is 5.92 Å². The highest BCUT2D eigenvalue weighted by Gasteiger charge is 2.33. The van der Waals surface area contributed by atoms with Crippen molar-refractivity contribution in [2.45, 2.75) is 19.5 Å². The number of ether oxygens (including phenoxy) is 2. The fourth-order valence-electron chi connectivity index (χ4n) is 2.53. The van der Waals surface area contributed by atoms with Gasteiger partial charge in [0.15, 0.2) is 23.2 Å². The predicted molar refractivity (Wildman–Crippen MR) is 78.9 cm³/mol. The molecule has 1 amide bonds. The maximum Gasteiger partial charge on any atom is 0.387 e. The Hall–Kier alpha value is -2.69. The van der Waals surface area contributed by atoms with E-state index in [1.807, 2.05) is 0 Å². The van der Waals surface area contributed by atoms with Gasteiger partial charge in [0.2, 0.25) is 5.91 Å². The Morgan fingerprint density at radius 1 is 1.25 bits per heavy atom. The summed E-state index contributed by atoms with van der Waals surface area (Å²) >= 11 is 0. The number of likely N-dealkylation sites (tertiary alicyclic amines) is 1. The third-order valence-corrected chi connectivity index (χ3v) is 3.72. The van der Waals surface area contributed by atoms with Crippen LogP contribution in [-0.4, -0.2) is 43.4 Å². The van der Waals surface area contributed by atoms with E-state index in [-0.39, 0.29) is 17.1 Å². The fourth-order valence-corrected chi connectivity index (χ4v) is 2.53. The molecule has 1 saturated heterocycles. The van der Waals surface area contributed by atoms with E-state index in [1.165, 1.54) is 24.1 Å². The summed E-state index contributed by atoms with van der Waals surface area (Å²) in [5.74, 6) is -3.01. The topological polar surface area (TPSA) is 79.6 Å². The minimum absolute atomic E-state index is 0.0209. The maximum absolute atomic E-state index is 12.5. The number of nitriles is 1. The van der Waals surface area contributed by atoms with Crippen molar-refractivity contribution in [3.63, 3.8) is 0 Å². The highest BCUT2D eigenvalue weighted by Crippen LogP contribution is 2.30. The van der Waals surface area contributed by atoms with Crippen LogP contribution < -0.4 is 9.47 Å². The monoisotopic (exact) mass is 338 g/mol. The van der Waals surface area contributed by atoms with Crippen molar-refractivity contribution in [3.8, 4) is 17.6 Å². The highest BCUT2D eigenvalue weighted by molar-refractivity contribution is 6.12. The third kappa shape index (κ3) is 3.79. The smallest absolute Gasteiger partial charge is 0.387 e. The Bertz CT molecular complexity index is 667. The summed E-state index contributed by atoms with van der Waals surface area (Å²) in [6, 6.07) is 5.28. The van der Waals surface area contributed by atoms with E-state index < -0.39 is 24.2 Å². The molecule has 1 heterocycles. The first-order valence-corrected chi connectivity index (χ1v) is 7.33. The molecule has 6 nitrogen and oxygen atoms in total. The molecule has 1 aromatic rings. The van der Waals surface area contributed by atoms with E-state index in [9.17, 15) is 23.6 Å². The standard InChI is InChI=1S/C16H16F2N2O4/c1-23-13-8-10(4-5-12(13)24-16(17)18)14(21)11(9-19)15(22)20-6-2-3-7-20/h4-5,8,11,16H,2-3,6-7H2,1H3/t11-/m1/s1. The van der Waals surface area contributed by atoms with Crippen LogP contribution in [0.25, 0.3) is 0 Å². The molecular formula is C16H16F2N2O4. The van der Waals surface area contributed by atoms with E-state index in [4.69, 9.17) is 4.74 Å². The first kappa shape index (κ1) is 17.7. The van der Waals surface area contributed by atoms with Crippen LogP contribution >= 0.6 is 0 Å². The summed E-state index contributed by atoms with van der Waals surface area (Å²) in [5, 5.41) is 9.22. The van der Waals surface area contributed by atoms with E-state index in [2.05, 4.69) is 4.74 Å². The molecule has 0 bridgehead atoms. The largest absolute Gasteiger partial charge is 0.493 e. The minimum Gasteiger partial charge on any atom is -0.493 e. The van der Waals surface area contributed by atoms with Gasteiger partial charge in [0.05, 0.1) is 13.2 Å². The second-order valence-corrected chi connectivity index (χ2v) is 5.20. The van der Waals surface area contributed by atoms with E-state index in [0.29, 0.717) is 13.1 Å². The van der Waals surface area contributed by atoms with Crippen molar-refractivity contribution in [2.75, 3.05) is 20.2 Å². The summed E-state index contributed by atoms with van der Waals surface area (Å²) in [6.45, 7) is -1.99. The van der Waals surface area contributed by atoms with Gasteiger partial charge in [-0.1, -0.05) is 0 Å². The maximum atomic E-state index is 12.5. The quantitative estimate of drug-likeness (QED) is 0.587.